The number of ether oxygens (including phenoxy) is 1. The van der Waals surface area contributed by atoms with Crippen molar-refractivity contribution < 1.29 is 17.5 Å². The number of halogens is 1. The Balaban J connectivity index is 1.73. The molecule has 7 heteroatoms. The first-order valence-corrected chi connectivity index (χ1v) is 11.0. The number of hydrogen-bond acceptors (Lipinski definition) is 4. The van der Waals surface area contributed by atoms with Crippen molar-refractivity contribution in [1.82, 2.24) is 9.29 Å². The van der Waals surface area contributed by atoms with E-state index in [1.807, 2.05) is 13.0 Å². The van der Waals surface area contributed by atoms with E-state index < -0.39 is 15.8 Å². The van der Waals surface area contributed by atoms with Gasteiger partial charge < -0.3 is 10.1 Å². The van der Waals surface area contributed by atoms with E-state index in [2.05, 4.69) is 5.32 Å². The van der Waals surface area contributed by atoms with E-state index in [0.717, 1.165) is 37.9 Å². The van der Waals surface area contributed by atoms with Gasteiger partial charge in [0.1, 0.15) is 17.7 Å². The molecule has 1 saturated heterocycles. The Kier molecular flexibility index (Phi) is 5.12. The van der Waals surface area contributed by atoms with Crippen molar-refractivity contribution in [2.45, 2.75) is 37.2 Å². The molecule has 0 spiro atoms. The summed E-state index contributed by atoms with van der Waals surface area (Å²) >= 11 is 0. The second-order valence-corrected chi connectivity index (χ2v) is 8.82. The van der Waals surface area contributed by atoms with Crippen LogP contribution in [0.25, 0.3) is 10.9 Å². The minimum Gasteiger partial charge on any atom is -0.490 e. The molecule has 3 aromatic rings. The molecule has 1 aromatic heterocycles. The van der Waals surface area contributed by atoms with Crippen LogP contribution in [0.5, 0.6) is 5.75 Å². The first kappa shape index (κ1) is 19.0. The summed E-state index contributed by atoms with van der Waals surface area (Å²) < 4.78 is 47.3. The Morgan fingerprint density at radius 3 is 2.68 bits per heavy atom. The van der Waals surface area contributed by atoms with Crippen molar-refractivity contribution in [2.24, 2.45) is 0 Å². The molecule has 148 valence electrons. The van der Waals surface area contributed by atoms with Crippen LogP contribution in [0.3, 0.4) is 0 Å². The first-order chi connectivity index (χ1) is 13.5. The Labute approximate surface area is 164 Å². The fraction of sp³-hybridized carbons (Fsp3) is 0.333. The predicted molar refractivity (Wildman–Crippen MR) is 107 cm³/mol. The fourth-order valence-corrected chi connectivity index (χ4v) is 4.97. The lowest BCUT2D eigenvalue weighted by atomic mass is 10.1. The van der Waals surface area contributed by atoms with Gasteiger partial charge >= 0.3 is 0 Å². The maximum Gasteiger partial charge on any atom is 0.268 e. The summed E-state index contributed by atoms with van der Waals surface area (Å²) in [5.74, 6) is 0.227. The van der Waals surface area contributed by atoms with Crippen LogP contribution in [0.1, 0.15) is 25.3 Å². The highest BCUT2D eigenvalue weighted by Crippen LogP contribution is 2.29. The standard InChI is InChI=1S/C21H23FN2O3S/c1-2-15-3-5-19(14-21(15)27-18-7-10-23-11-8-18)28(25,26)24-12-9-16-13-17(22)4-6-20(16)24/h3-6,9,12-14,18,23H,2,7-8,10-11H2,1H3. The number of fused-ring (bicyclic) bond motifs is 1. The van der Waals surface area contributed by atoms with Crippen LogP contribution in [0.15, 0.2) is 53.6 Å². The number of aromatic nitrogens is 1. The van der Waals surface area contributed by atoms with E-state index in [9.17, 15) is 12.8 Å². The highest BCUT2D eigenvalue weighted by molar-refractivity contribution is 7.90. The molecule has 0 aliphatic carbocycles. The van der Waals surface area contributed by atoms with Crippen molar-refractivity contribution in [3.05, 3.63) is 60.0 Å². The summed E-state index contributed by atoms with van der Waals surface area (Å²) in [6.07, 6.45) is 4.09. The number of piperidine rings is 1. The summed E-state index contributed by atoms with van der Waals surface area (Å²) in [5, 5.41) is 3.84. The predicted octanol–water partition coefficient (Wildman–Crippen LogP) is 3.71. The largest absolute Gasteiger partial charge is 0.490 e. The van der Waals surface area contributed by atoms with Crippen LogP contribution < -0.4 is 10.1 Å². The molecule has 0 radical (unpaired) electrons. The summed E-state index contributed by atoms with van der Waals surface area (Å²) in [7, 11) is -3.82. The molecule has 0 saturated carbocycles. The zero-order chi connectivity index (χ0) is 19.7. The molecule has 2 heterocycles. The molecular weight excluding hydrogens is 379 g/mol. The fourth-order valence-electron chi connectivity index (χ4n) is 3.60. The summed E-state index contributed by atoms with van der Waals surface area (Å²) in [5.41, 5.74) is 1.43. The van der Waals surface area contributed by atoms with Gasteiger partial charge in [-0.15, -0.1) is 0 Å². The zero-order valence-electron chi connectivity index (χ0n) is 15.7. The van der Waals surface area contributed by atoms with Gasteiger partial charge in [-0.3, -0.25) is 0 Å². The molecule has 1 N–H and O–H groups in total. The molecule has 2 aromatic carbocycles. The minimum atomic E-state index is -3.82. The average Bonchev–Trinajstić information content (AvgIpc) is 3.12. The first-order valence-electron chi connectivity index (χ1n) is 9.51. The van der Waals surface area contributed by atoms with E-state index in [4.69, 9.17) is 4.74 Å². The Hall–Kier alpha value is -2.38. The van der Waals surface area contributed by atoms with Crippen LogP contribution >= 0.6 is 0 Å². The number of hydrogen-bond donors (Lipinski definition) is 1. The summed E-state index contributed by atoms with van der Waals surface area (Å²) in [6, 6.07) is 10.7. The number of nitrogens with zero attached hydrogens (tertiary/aromatic N) is 1. The van der Waals surface area contributed by atoms with E-state index in [1.54, 1.807) is 18.2 Å². The molecule has 5 nitrogen and oxygen atoms in total. The maximum absolute atomic E-state index is 13.4. The molecule has 0 bridgehead atoms. The normalized spacial score (nSPS) is 15.8. The molecule has 0 amide bonds. The number of rotatable bonds is 5. The van der Waals surface area contributed by atoms with Gasteiger partial charge in [0.25, 0.3) is 10.0 Å². The molecular formula is C21H23FN2O3S. The van der Waals surface area contributed by atoms with Crippen LogP contribution in [0.2, 0.25) is 0 Å². The lowest BCUT2D eigenvalue weighted by Crippen LogP contribution is -2.34. The highest BCUT2D eigenvalue weighted by Gasteiger charge is 2.22. The monoisotopic (exact) mass is 402 g/mol. The average molecular weight is 402 g/mol. The topological polar surface area (TPSA) is 60.3 Å². The molecule has 28 heavy (non-hydrogen) atoms. The SMILES string of the molecule is CCc1ccc(S(=O)(=O)n2ccc3cc(F)ccc32)cc1OC1CCNCC1. The van der Waals surface area contributed by atoms with E-state index in [0.29, 0.717) is 16.7 Å². The van der Waals surface area contributed by atoms with Gasteiger partial charge in [-0.2, -0.15) is 0 Å². The van der Waals surface area contributed by atoms with Gasteiger partial charge in [0.2, 0.25) is 0 Å². The van der Waals surface area contributed by atoms with Crippen molar-refractivity contribution in [3.63, 3.8) is 0 Å². The number of benzene rings is 2. The van der Waals surface area contributed by atoms with Gasteiger partial charge in [0.15, 0.2) is 0 Å². The van der Waals surface area contributed by atoms with Crippen molar-refractivity contribution in [2.75, 3.05) is 13.1 Å². The number of aryl methyl sites for hydroxylation is 1. The highest BCUT2D eigenvalue weighted by atomic mass is 32.2. The molecule has 0 atom stereocenters. The lowest BCUT2D eigenvalue weighted by Gasteiger charge is -2.25. The smallest absolute Gasteiger partial charge is 0.268 e. The lowest BCUT2D eigenvalue weighted by molar-refractivity contribution is 0.160. The van der Waals surface area contributed by atoms with E-state index in [-0.39, 0.29) is 11.0 Å². The third-order valence-corrected chi connectivity index (χ3v) is 6.86. The van der Waals surface area contributed by atoms with Gasteiger partial charge in [-0.1, -0.05) is 13.0 Å². The summed E-state index contributed by atoms with van der Waals surface area (Å²) in [6.45, 7) is 3.82. The Morgan fingerprint density at radius 1 is 1.14 bits per heavy atom. The van der Waals surface area contributed by atoms with Crippen LogP contribution in [-0.4, -0.2) is 31.6 Å². The third kappa shape index (κ3) is 3.52. The molecule has 0 unspecified atom stereocenters. The van der Waals surface area contributed by atoms with Crippen molar-refractivity contribution in [1.29, 1.82) is 0 Å². The molecule has 1 aliphatic heterocycles. The van der Waals surface area contributed by atoms with Gasteiger partial charge in [0.05, 0.1) is 10.4 Å². The molecule has 1 aliphatic rings. The quantitative estimate of drug-likeness (QED) is 0.707. The van der Waals surface area contributed by atoms with Crippen molar-refractivity contribution >= 4 is 20.9 Å². The zero-order valence-corrected chi connectivity index (χ0v) is 16.5. The van der Waals surface area contributed by atoms with E-state index in [1.165, 1.54) is 28.4 Å². The second-order valence-electron chi connectivity index (χ2n) is 7.01. The van der Waals surface area contributed by atoms with Gasteiger partial charge in [-0.25, -0.2) is 16.8 Å². The van der Waals surface area contributed by atoms with Crippen LogP contribution in [-0.2, 0) is 16.4 Å². The second kappa shape index (κ2) is 7.56. The molecule has 1 fully saturated rings. The van der Waals surface area contributed by atoms with Crippen molar-refractivity contribution in [3.8, 4) is 5.75 Å². The number of nitrogens with one attached hydrogen (secondary N) is 1. The Bertz CT molecular complexity index is 1100. The van der Waals surface area contributed by atoms with Gasteiger partial charge in [0, 0.05) is 17.6 Å². The maximum atomic E-state index is 13.4. The minimum absolute atomic E-state index is 0.0832. The Morgan fingerprint density at radius 2 is 1.93 bits per heavy atom. The van der Waals surface area contributed by atoms with E-state index >= 15 is 0 Å². The van der Waals surface area contributed by atoms with Crippen LogP contribution in [0, 0.1) is 5.82 Å². The van der Waals surface area contributed by atoms with Crippen LogP contribution in [0.4, 0.5) is 4.39 Å². The third-order valence-electron chi connectivity index (χ3n) is 5.17. The molecule has 4 rings (SSSR count). The van der Waals surface area contributed by atoms with Gasteiger partial charge in [-0.05, 0) is 68.2 Å². The summed E-state index contributed by atoms with van der Waals surface area (Å²) in [4.78, 5) is 0.162.